The molecule has 7 heteroatoms. The number of hydrogen-bond donors (Lipinski definition) is 2. The van der Waals surface area contributed by atoms with Gasteiger partial charge in [0.1, 0.15) is 11.9 Å². The maximum absolute atomic E-state index is 13.5. The number of aromatic nitrogens is 1. The lowest BCUT2D eigenvalue weighted by Gasteiger charge is -2.35. The smallest absolute Gasteiger partial charge is 0.309 e. The van der Waals surface area contributed by atoms with Gasteiger partial charge in [-0.05, 0) is 56.7 Å². The van der Waals surface area contributed by atoms with Gasteiger partial charge >= 0.3 is 5.97 Å². The fourth-order valence-electron chi connectivity index (χ4n) is 4.95. The van der Waals surface area contributed by atoms with E-state index in [9.17, 15) is 19.8 Å². The van der Waals surface area contributed by atoms with E-state index in [4.69, 9.17) is 11.2 Å². The van der Waals surface area contributed by atoms with Crippen molar-refractivity contribution in [1.82, 2.24) is 4.98 Å². The molecule has 0 bridgehead atoms. The summed E-state index contributed by atoms with van der Waals surface area (Å²) in [5.74, 6) is 0.632. The number of fused-ring (bicyclic) bond motifs is 1. The van der Waals surface area contributed by atoms with E-state index in [1.165, 1.54) is 0 Å². The topological polar surface area (TPSA) is 96.7 Å². The number of nitrogens with zero attached hydrogens (tertiary/aromatic N) is 1. The van der Waals surface area contributed by atoms with Crippen LogP contribution < -0.4 is 0 Å². The van der Waals surface area contributed by atoms with Crippen LogP contribution in [0.3, 0.4) is 0 Å². The Morgan fingerprint density at radius 3 is 2.68 bits per heavy atom. The molecule has 6 nitrogen and oxygen atoms in total. The number of rotatable bonds is 2. The Morgan fingerprint density at radius 1 is 1.24 bits per heavy atom. The largest absolute Gasteiger partial charge is 0.457 e. The van der Waals surface area contributed by atoms with Crippen LogP contribution in [0.5, 0.6) is 0 Å². The molecule has 0 aliphatic carbocycles. The molecule has 3 rings (SSSR count). The minimum Gasteiger partial charge on any atom is -0.457 e. The number of carbonyl (C=O) groups excluding carboxylic acids is 2. The Balaban J connectivity index is 1.93. The molecule has 0 amide bonds. The molecule has 2 N–H and O–H groups in total. The molecular weight excluding hydrogens is 486 g/mol. The first-order valence-electron chi connectivity index (χ1n) is 13.0. The third kappa shape index (κ3) is 7.07. The van der Waals surface area contributed by atoms with E-state index in [0.717, 1.165) is 45.6 Å². The van der Waals surface area contributed by atoms with Crippen molar-refractivity contribution in [3.8, 4) is 12.3 Å². The molecular formula is C30H39NO5S. The zero-order valence-corrected chi connectivity index (χ0v) is 23.3. The van der Waals surface area contributed by atoms with Crippen LogP contribution in [-0.2, 0) is 14.3 Å². The van der Waals surface area contributed by atoms with Gasteiger partial charge in [0.25, 0.3) is 0 Å². The zero-order valence-electron chi connectivity index (χ0n) is 22.5. The van der Waals surface area contributed by atoms with E-state index in [-0.39, 0.29) is 24.5 Å². The highest BCUT2D eigenvalue weighted by molar-refractivity contribution is 7.18. The normalized spacial score (nSPS) is 29.8. The molecule has 0 fully saturated rings. The van der Waals surface area contributed by atoms with Gasteiger partial charge in [0, 0.05) is 12.8 Å². The second-order valence-electron chi connectivity index (χ2n) is 10.9. The van der Waals surface area contributed by atoms with Gasteiger partial charge in [-0.15, -0.1) is 23.7 Å². The number of esters is 1. The number of carbonyl (C=O) groups is 2. The first kappa shape index (κ1) is 29.0. The lowest BCUT2D eigenvalue weighted by Crippen LogP contribution is -2.46. The highest BCUT2D eigenvalue weighted by Crippen LogP contribution is 2.35. The van der Waals surface area contributed by atoms with Gasteiger partial charge in [0.05, 0.1) is 45.2 Å². The number of terminal acetylenes is 1. The quantitative estimate of drug-likeness (QED) is 0.297. The molecule has 37 heavy (non-hydrogen) atoms. The highest BCUT2D eigenvalue weighted by Gasteiger charge is 2.43. The SMILES string of the molecule is C#CC[C@H]1C(=O)C(C)(C)[C@H](O)CC(=O)O[C@H](c2ccc3sc(C)nc3c2)C/C=C(/C)CCC[C@@H](C)[C@@H]1O. The summed E-state index contributed by atoms with van der Waals surface area (Å²) < 4.78 is 6.96. The molecule has 1 aromatic carbocycles. The number of cyclic esters (lactones) is 1. The molecule has 2 aromatic rings. The molecule has 0 radical (unpaired) electrons. The standard InChI is InChI=1S/C30H39NO5S/c1-7-9-22-28(34)19(3)11-8-10-18(2)12-14-24(21-13-15-25-23(16-21)31-20(4)37-25)36-27(33)17-26(32)30(5,6)29(22)35/h1,12-13,15-16,19,22,24,26,28,32,34H,8-11,14,17H2,2-6H3/b18-12-/t19-,22-,24+,26-,28+/m1/s1. The number of benzene rings is 1. The van der Waals surface area contributed by atoms with Crippen LogP contribution in [-0.4, -0.2) is 39.2 Å². The number of aliphatic hydroxyl groups excluding tert-OH is 2. The third-order valence-electron chi connectivity index (χ3n) is 7.57. The average molecular weight is 526 g/mol. The molecule has 5 atom stereocenters. The van der Waals surface area contributed by atoms with Gasteiger partial charge < -0.3 is 14.9 Å². The van der Waals surface area contributed by atoms with Gasteiger partial charge in [0.15, 0.2) is 0 Å². The van der Waals surface area contributed by atoms with E-state index in [0.29, 0.717) is 6.42 Å². The maximum atomic E-state index is 13.5. The number of allylic oxidation sites excluding steroid dienone is 1. The molecule has 0 spiro atoms. The lowest BCUT2D eigenvalue weighted by atomic mass is 9.71. The summed E-state index contributed by atoms with van der Waals surface area (Å²) in [6.07, 6.45) is 7.52. The van der Waals surface area contributed by atoms with Crippen molar-refractivity contribution in [1.29, 1.82) is 0 Å². The van der Waals surface area contributed by atoms with Gasteiger partial charge in [-0.25, -0.2) is 4.98 Å². The Kier molecular flexibility index (Phi) is 9.68. The fourth-order valence-corrected chi connectivity index (χ4v) is 5.76. The van der Waals surface area contributed by atoms with Crippen LogP contribution in [0, 0.1) is 36.5 Å². The first-order valence-corrected chi connectivity index (χ1v) is 13.8. The molecule has 0 unspecified atom stereocenters. The summed E-state index contributed by atoms with van der Waals surface area (Å²) in [6.45, 7) is 9.13. The van der Waals surface area contributed by atoms with Crippen molar-refractivity contribution in [3.63, 3.8) is 0 Å². The van der Waals surface area contributed by atoms with E-state index in [1.54, 1.807) is 25.2 Å². The lowest BCUT2D eigenvalue weighted by molar-refractivity contribution is -0.156. The summed E-state index contributed by atoms with van der Waals surface area (Å²) >= 11 is 1.61. The number of ketones is 1. The summed E-state index contributed by atoms with van der Waals surface area (Å²) in [4.78, 5) is 31.1. The minimum absolute atomic E-state index is 0.0739. The first-order chi connectivity index (χ1) is 17.4. The molecule has 0 saturated heterocycles. The summed E-state index contributed by atoms with van der Waals surface area (Å²) in [5.41, 5.74) is 1.58. The number of thiazole rings is 1. The second-order valence-corrected chi connectivity index (χ2v) is 12.1. The van der Waals surface area contributed by atoms with E-state index in [2.05, 4.69) is 17.0 Å². The van der Waals surface area contributed by atoms with E-state index < -0.39 is 35.6 Å². The number of Topliss-reactive ketones (excluding diaryl/α,β-unsaturated/α-hetero) is 1. The maximum Gasteiger partial charge on any atom is 0.309 e. The van der Waals surface area contributed by atoms with Gasteiger partial charge in [-0.3, -0.25) is 9.59 Å². The number of ether oxygens (including phenoxy) is 1. The van der Waals surface area contributed by atoms with Crippen LogP contribution >= 0.6 is 11.3 Å². The predicted octanol–water partition coefficient (Wildman–Crippen LogP) is 5.69. The van der Waals surface area contributed by atoms with Gasteiger partial charge in [-0.2, -0.15) is 0 Å². The van der Waals surface area contributed by atoms with Crippen LogP contribution in [0.1, 0.15) is 82.9 Å². The third-order valence-corrected chi connectivity index (χ3v) is 8.52. The highest BCUT2D eigenvalue weighted by atomic mass is 32.1. The van der Waals surface area contributed by atoms with Crippen molar-refractivity contribution in [2.75, 3.05) is 0 Å². The zero-order chi connectivity index (χ0) is 27.3. The molecule has 200 valence electrons. The Labute approximate surface area is 224 Å². The Hall–Kier alpha value is -2.53. The van der Waals surface area contributed by atoms with Gasteiger partial charge in [-0.1, -0.05) is 38.5 Å². The van der Waals surface area contributed by atoms with Crippen LogP contribution in [0.15, 0.2) is 29.8 Å². The Bertz CT molecular complexity index is 1190. The van der Waals surface area contributed by atoms with Crippen LogP contribution in [0.25, 0.3) is 10.2 Å². The van der Waals surface area contributed by atoms with E-state index in [1.807, 2.05) is 39.0 Å². The molecule has 1 aliphatic rings. The molecule has 1 aromatic heterocycles. The Morgan fingerprint density at radius 2 is 1.97 bits per heavy atom. The molecule has 1 aliphatic heterocycles. The second kappa shape index (κ2) is 12.3. The average Bonchev–Trinajstić information content (AvgIpc) is 3.22. The van der Waals surface area contributed by atoms with Crippen molar-refractivity contribution < 1.29 is 24.5 Å². The van der Waals surface area contributed by atoms with Crippen LogP contribution in [0.2, 0.25) is 0 Å². The number of aliphatic hydroxyl groups is 2. The monoisotopic (exact) mass is 525 g/mol. The van der Waals surface area contributed by atoms with Crippen molar-refractivity contribution in [3.05, 3.63) is 40.4 Å². The number of aryl methyl sites for hydroxylation is 1. The minimum atomic E-state index is -1.29. The molecule has 2 heterocycles. The van der Waals surface area contributed by atoms with Gasteiger partial charge in [0.2, 0.25) is 0 Å². The molecule has 0 saturated carbocycles. The van der Waals surface area contributed by atoms with E-state index >= 15 is 0 Å². The summed E-state index contributed by atoms with van der Waals surface area (Å²) in [6, 6.07) is 5.90. The fraction of sp³-hybridized carbons (Fsp3) is 0.567. The summed E-state index contributed by atoms with van der Waals surface area (Å²) in [7, 11) is 0. The number of hydrogen-bond acceptors (Lipinski definition) is 7. The van der Waals surface area contributed by atoms with Crippen LogP contribution in [0.4, 0.5) is 0 Å². The summed E-state index contributed by atoms with van der Waals surface area (Å²) in [5, 5.41) is 23.0. The van der Waals surface area contributed by atoms with Crippen molar-refractivity contribution in [2.24, 2.45) is 17.3 Å². The predicted molar refractivity (Wildman–Crippen MR) is 147 cm³/mol. The van der Waals surface area contributed by atoms with Crippen molar-refractivity contribution >= 4 is 33.3 Å². The van der Waals surface area contributed by atoms with Crippen molar-refractivity contribution in [2.45, 2.75) is 91.5 Å².